The molecule has 0 radical (unpaired) electrons. The van der Waals surface area contributed by atoms with Gasteiger partial charge in [-0.1, -0.05) is 30.3 Å². The van der Waals surface area contributed by atoms with Crippen LogP contribution in [0.1, 0.15) is 17.3 Å². The van der Waals surface area contributed by atoms with Gasteiger partial charge in [0.15, 0.2) is 0 Å². The summed E-state index contributed by atoms with van der Waals surface area (Å²) in [6.07, 6.45) is 0. The molecule has 0 fully saturated rings. The lowest BCUT2D eigenvalue weighted by molar-refractivity contribution is 0.331. The minimum atomic E-state index is -0.248. The van der Waals surface area contributed by atoms with Crippen LogP contribution in [0.15, 0.2) is 41.2 Å². The van der Waals surface area contributed by atoms with Gasteiger partial charge in [-0.15, -0.1) is 0 Å². The second-order valence-electron chi connectivity index (χ2n) is 4.13. The molecule has 0 bridgehead atoms. The largest absolute Gasteiger partial charge is 0.462 e. The second-order valence-corrected chi connectivity index (χ2v) is 4.13. The Balaban J connectivity index is 2.14. The number of rotatable bonds is 1. The number of aromatic nitrogens is 2. The number of hydrogen-bond acceptors (Lipinski definition) is 3. The fraction of sp³-hybridized carbons (Fsp3) is 0.231. The predicted molar refractivity (Wildman–Crippen MR) is 63.3 cm³/mol. The van der Waals surface area contributed by atoms with E-state index in [2.05, 4.69) is 17.1 Å². The maximum absolute atomic E-state index is 11.3. The number of benzene rings is 1. The third kappa shape index (κ3) is 1.62. The van der Waals surface area contributed by atoms with E-state index >= 15 is 0 Å². The van der Waals surface area contributed by atoms with Crippen molar-refractivity contribution in [2.45, 2.75) is 13.0 Å². The molecule has 0 saturated heterocycles. The summed E-state index contributed by atoms with van der Waals surface area (Å²) in [5, 5.41) is 0. The van der Waals surface area contributed by atoms with Crippen LogP contribution in [0.3, 0.4) is 0 Å². The summed E-state index contributed by atoms with van der Waals surface area (Å²) in [5.74, 6) is 0. The Morgan fingerprint density at radius 1 is 1.35 bits per heavy atom. The van der Waals surface area contributed by atoms with E-state index in [1.807, 2.05) is 29.7 Å². The fourth-order valence-corrected chi connectivity index (χ4v) is 2.21. The van der Waals surface area contributed by atoms with Crippen molar-refractivity contribution in [2.75, 3.05) is 6.61 Å². The van der Waals surface area contributed by atoms with Crippen LogP contribution in [-0.4, -0.2) is 16.2 Å². The first-order valence-electron chi connectivity index (χ1n) is 5.53. The van der Waals surface area contributed by atoms with Crippen LogP contribution in [0.25, 0.3) is 0 Å². The molecule has 3 rings (SSSR count). The molecule has 1 unspecified atom stereocenters. The molecule has 0 aliphatic carbocycles. The topological polar surface area (TPSA) is 44.1 Å². The quantitative estimate of drug-likeness (QED) is 0.743. The Morgan fingerprint density at radius 2 is 2.12 bits per heavy atom. The Morgan fingerprint density at radius 3 is 2.88 bits per heavy atom. The lowest BCUT2D eigenvalue weighted by atomic mass is 10.1. The zero-order chi connectivity index (χ0) is 11.8. The van der Waals surface area contributed by atoms with E-state index in [-0.39, 0.29) is 11.6 Å². The van der Waals surface area contributed by atoms with Crippen LogP contribution in [0.5, 0.6) is 6.01 Å². The van der Waals surface area contributed by atoms with Crippen molar-refractivity contribution in [3.05, 3.63) is 58.0 Å². The van der Waals surface area contributed by atoms with E-state index in [1.54, 1.807) is 0 Å². The maximum atomic E-state index is 11.3. The van der Waals surface area contributed by atoms with Gasteiger partial charge in [-0.2, -0.15) is 4.98 Å². The summed E-state index contributed by atoms with van der Waals surface area (Å²) in [6, 6.07) is 12.2. The van der Waals surface area contributed by atoms with Crippen molar-refractivity contribution in [2.24, 2.45) is 0 Å². The summed E-state index contributed by atoms with van der Waals surface area (Å²) in [7, 11) is 0. The lowest BCUT2D eigenvalue weighted by Crippen LogP contribution is -2.15. The highest BCUT2D eigenvalue weighted by Crippen LogP contribution is 2.29. The molecule has 17 heavy (non-hydrogen) atoms. The first-order chi connectivity index (χ1) is 8.25. The van der Waals surface area contributed by atoms with Gasteiger partial charge in [0.2, 0.25) is 0 Å². The zero-order valence-electron chi connectivity index (χ0n) is 9.46. The molecular weight excluding hydrogens is 216 g/mol. The Bertz CT molecular complexity index is 605. The SMILES string of the molecule is Cc1cc(=O)nc2n1C(c1ccccc1)CO2. The lowest BCUT2D eigenvalue weighted by Gasteiger charge is -2.14. The first kappa shape index (κ1) is 10.1. The van der Waals surface area contributed by atoms with E-state index in [4.69, 9.17) is 4.74 Å². The standard InChI is InChI=1S/C13H12N2O2/c1-9-7-12(16)14-13-15(9)11(8-17-13)10-5-3-2-4-6-10/h2-7,11H,8H2,1H3. The minimum Gasteiger partial charge on any atom is -0.462 e. The fourth-order valence-electron chi connectivity index (χ4n) is 2.21. The van der Waals surface area contributed by atoms with E-state index in [9.17, 15) is 4.79 Å². The van der Waals surface area contributed by atoms with Crippen molar-refractivity contribution < 1.29 is 4.74 Å². The Kier molecular flexibility index (Phi) is 2.21. The Labute approximate surface area is 98.5 Å². The molecule has 1 atom stereocenters. The van der Waals surface area contributed by atoms with Crippen molar-refractivity contribution >= 4 is 0 Å². The normalized spacial score (nSPS) is 17.6. The van der Waals surface area contributed by atoms with Crippen molar-refractivity contribution in [1.82, 2.24) is 9.55 Å². The molecule has 1 aliphatic rings. The molecule has 0 amide bonds. The average Bonchev–Trinajstić information content (AvgIpc) is 2.74. The van der Waals surface area contributed by atoms with Gasteiger partial charge >= 0.3 is 6.01 Å². The van der Waals surface area contributed by atoms with Gasteiger partial charge in [0.1, 0.15) is 6.61 Å². The summed E-state index contributed by atoms with van der Waals surface area (Å²) in [6.45, 7) is 2.43. The van der Waals surface area contributed by atoms with Crippen molar-refractivity contribution in [3.63, 3.8) is 0 Å². The van der Waals surface area contributed by atoms with E-state index in [1.165, 1.54) is 11.6 Å². The van der Waals surface area contributed by atoms with Gasteiger partial charge in [-0.25, -0.2) is 0 Å². The van der Waals surface area contributed by atoms with Crippen molar-refractivity contribution in [3.8, 4) is 6.01 Å². The van der Waals surface area contributed by atoms with Crippen LogP contribution in [0.2, 0.25) is 0 Å². The number of nitrogens with zero attached hydrogens (tertiary/aromatic N) is 2. The first-order valence-corrected chi connectivity index (χ1v) is 5.53. The van der Waals surface area contributed by atoms with Crippen LogP contribution in [0, 0.1) is 6.92 Å². The van der Waals surface area contributed by atoms with Crippen molar-refractivity contribution in [1.29, 1.82) is 0 Å². The minimum absolute atomic E-state index is 0.110. The molecule has 1 aromatic carbocycles. The number of aryl methyl sites for hydroxylation is 1. The molecule has 4 heteroatoms. The molecule has 1 aromatic heterocycles. The van der Waals surface area contributed by atoms with Crippen LogP contribution < -0.4 is 10.3 Å². The van der Waals surface area contributed by atoms with Crippen LogP contribution in [-0.2, 0) is 0 Å². The predicted octanol–water partition coefficient (Wildman–Crippen LogP) is 1.53. The summed E-state index contributed by atoms with van der Waals surface area (Å²) < 4.78 is 7.45. The molecule has 0 spiro atoms. The van der Waals surface area contributed by atoms with Gasteiger partial charge in [0, 0.05) is 11.8 Å². The molecule has 86 valence electrons. The molecule has 1 aliphatic heterocycles. The third-order valence-electron chi connectivity index (χ3n) is 2.99. The molecule has 2 aromatic rings. The molecular formula is C13H12N2O2. The molecule has 0 saturated carbocycles. The molecule has 2 heterocycles. The van der Waals surface area contributed by atoms with E-state index in [0.29, 0.717) is 12.6 Å². The second kappa shape index (κ2) is 3.73. The highest BCUT2D eigenvalue weighted by molar-refractivity contribution is 5.26. The highest BCUT2D eigenvalue weighted by Gasteiger charge is 2.26. The van der Waals surface area contributed by atoms with Gasteiger partial charge in [-0.3, -0.25) is 9.36 Å². The number of hydrogen-bond donors (Lipinski definition) is 0. The maximum Gasteiger partial charge on any atom is 0.300 e. The zero-order valence-corrected chi connectivity index (χ0v) is 9.46. The summed E-state index contributed by atoms with van der Waals surface area (Å²) in [5.41, 5.74) is 1.80. The third-order valence-corrected chi connectivity index (χ3v) is 2.99. The smallest absolute Gasteiger partial charge is 0.300 e. The monoisotopic (exact) mass is 228 g/mol. The van der Waals surface area contributed by atoms with Gasteiger partial charge < -0.3 is 4.74 Å². The highest BCUT2D eigenvalue weighted by atomic mass is 16.5. The van der Waals surface area contributed by atoms with E-state index in [0.717, 1.165) is 5.69 Å². The summed E-state index contributed by atoms with van der Waals surface area (Å²) in [4.78, 5) is 15.2. The number of fused-ring (bicyclic) bond motifs is 1. The average molecular weight is 228 g/mol. The number of ether oxygens (including phenoxy) is 1. The molecule has 0 N–H and O–H groups in total. The van der Waals surface area contributed by atoms with Gasteiger partial charge in [0.25, 0.3) is 5.56 Å². The summed E-state index contributed by atoms with van der Waals surface area (Å²) >= 11 is 0. The van der Waals surface area contributed by atoms with Crippen LogP contribution >= 0.6 is 0 Å². The van der Waals surface area contributed by atoms with Gasteiger partial charge in [-0.05, 0) is 12.5 Å². The van der Waals surface area contributed by atoms with Crippen LogP contribution in [0.4, 0.5) is 0 Å². The molecule has 4 nitrogen and oxygen atoms in total. The Hall–Kier alpha value is -2.10. The van der Waals surface area contributed by atoms with E-state index < -0.39 is 0 Å². The van der Waals surface area contributed by atoms with Gasteiger partial charge in [0.05, 0.1) is 6.04 Å².